The van der Waals surface area contributed by atoms with E-state index in [0.29, 0.717) is 43.6 Å². The van der Waals surface area contributed by atoms with Crippen LogP contribution in [0.1, 0.15) is 98.8 Å². The summed E-state index contributed by atoms with van der Waals surface area (Å²) in [5.74, 6) is 0.974. The smallest absolute Gasteiger partial charge is 0.302 e. The number of fused-ring (bicyclic) bond motifs is 5. The Kier molecular flexibility index (Phi) is 6.44. The number of carbonyl (C=O) groups is 2. The van der Waals surface area contributed by atoms with Crippen molar-refractivity contribution in [1.29, 1.82) is 0 Å². The van der Waals surface area contributed by atoms with Gasteiger partial charge in [-0.05, 0) is 92.3 Å². The van der Waals surface area contributed by atoms with Crippen LogP contribution in [0.15, 0.2) is 0 Å². The minimum absolute atomic E-state index is 0.127. The first kappa shape index (κ1) is 25.0. The van der Waals surface area contributed by atoms with Crippen molar-refractivity contribution in [3.63, 3.8) is 0 Å². The third kappa shape index (κ3) is 3.84. The van der Waals surface area contributed by atoms with Crippen molar-refractivity contribution in [3.8, 4) is 0 Å². The molecular formula is C27H44O6. The highest BCUT2D eigenvalue weighted by atomic mass is 16.5. The van der Waals surface area contributed by atoms with Crippen LogP contribution in [0, 0.1) is 34.5 Å². The van der Waals surface area contributed by atoms with Crippen molar-refractivity contribution < 1.29 is 29.3 Å². The zero-order valence-electron chi connectivity index (χ0n) is 21.2. The van der Waals surface area contributed by atoms with Crippen LogP contribution in [0.3, 0.4) is 0 Å². The van der Waals surface area contributed by atoms with Gasteiger partial charge in [-0.1, -0.05) is 20.8 Å². The van der Waals surface area contributed by atoms with Gasteiger partial charge < -0.3 is 19.7 Å². The van der Waals surface area contributed by atoms with E-state index in [2.05, 4.69) is 20.8 Å². The molecule has 188 valence electrons. The molecule has 6 nitrogen and oxygen atoms in total. The molecule has 0 amide bonds. The second kappa shape index (κ2) is 8.51. The fraction of sp³-hybridized carbons (Fsp3) is 0.926. The molecule has 0 radical (unpaired) electrons. The Hall–Kier alpha value is -1.14. The average Bonchev–Trinajstić information content (AvgIpc) is 2.99. The van der Waals surface area contributed by atoms with E-state index in [1.54, 1.807) is 0 Å². The van der Waals surface area contributed by atoms with Crippen LogP contribution in [-0.2, 0) is 19.1 Å². The number of rotatable bonds is 5. The van der Waals surface area contributed by atoms with Gasteiger partial charge in [-0.15, -0.1) is 0 Å². The van der Waals surface area contributed by atoms with Crippen molar-refractivity contribution >= 4 is 11.9 Å². The van der Waals surface area contributed by atoms with E-state index in [1.165, 1.54) is 13.8 Å². The first-order chi connectivity index (χ1) is 15.4. The highest BCUT2D eigenvalue weighted by molar-refractivity contribution is 5.66. The van der Waals surface area contributed by atoms with Gasteiger partial charge >= 0.3 is 11.9 Å². The number of hydrogen-bond donors (Lipinski definition) is 2. The molecule has 4 fully saturated rings. The number of aliphatic hydroxyl groups is 2. The molecule has 33 heavy (non-hydrogen) atoms. The van der Waals surface area contributed by atoms with E-state index < -0.39 is 11.2 Å². The zero-order chi connectivity index (χ0) is 24.2. The molecule has 0 aromatic rings. The van der Waals surface area contributed by atoms with Crippen LogP contribution in [0.25, 0.3) is 0 Å². The zero-order valence-corrected chi connectivity index (χ0v) is 21.2. The standard InChI is InChI=1S/C27H44O6/c1-17-15-21-22-9-13-26(30,10-6-14-32-18(2)28)24(22,4)12-8-23(21)25(5)11-7-20(33-19(3)29)16-27(17,25)31/h17,20-23,30-31H,6-16H2,1-5H3/t17-,20+,21-,22-,23-,24-,25+,26-,27-/m0/s1. The molecule has 0 unspecified atom stereocenters. The Morgan fingerprint density at radius 3 is 2.24 bits per heavy atom. The summed E-state index contributed by atoms with van der Waals surface area (Å²) in [6.07, 6.45) is 8.19. The lowest BCUT2D eigenvalue weighted by Crippen LogP contribution is -2.66. The molecule has 0 spiro atoms. The summed E-state index contributed by atoms with van der Waals surface area (Å²) in [5, 5.41) is 23.8. The summed E-state index contributed by atoms with van der Waals surface area (Å²) >= 11 is 0. The van der Waals surface area contributed by atoms with Gasteiger partial charge in [-0.3, -0.25) is 9.59 Å². The molecular weight excluding hydrogens is 420 g/mol. The molecule has 0 saturated heterocycles. The van der Waals surface area contributed by atoms with Crippen molar-refractivity contribution in [2.75, 3.05) is 6.61 Å². The lowest BCUT2D eigenvalue weighted by atomic mass is 9.41. The molecule has 4 saturated carbocycles. The number of hydrogen-bond acceptors (Lipinski definition) is 6. The Balaban J connectivity index is 1.53. The molecule has 0 bridgehead atoms. The highest BCUT2D eigenvalue weighted by Gasteiger charge is 2.68. The summed E-state index contributed by atoms with van der Waals surface area (Å²) in [4.78, 5) is 22.7. The van der Waals surface area contributed by atoms with Crippen LogP contribution < -0.4 is 0 Å². The van der Waals surface area contributed by atoms with E-state index in [-0.39, 0.29) is 34.8 Å². The van der Waals surface area contributed by atoms with Gasteiger partial charge in [0.25, 0.3) is 0 Å². The molecule has 0 aromatic carbocycles. The second-order valence-electron chi connectivity index (χ2n) is 12.3. The van der Waals surface area contributed by atoms with Gasteiger partial charge in [-0.2, -0.15) is 0 Å². The Bertz CT molecular complexity index is 783. The third-order valence-corrected chi connectivity index (χ3v) is 10.9. The van der Waals surface area contributed by atoms with Crippen LogP contribution >= 0.6 is 0 Å². The van der Waals surface area contributed by atoms with Gasteiger partial charge in [0.05, 0.1) is 17.8 Å². The summed E-state index contributed by atoms with van der Waals surface area (Å²) < 4.78 is 10.7. The Morgan fingerprint density at radius 1 is 0.939 bits per heavy atom. The van der Waals surface area contributed by atoms with E-state index in [4.69, 9.17) is 9.47 Å². The van der Waals surface area contributed by atoms with Gasteiger partial charge in [0.1, 0.15) is 6.10 Å². The molecule has 0 aromatic heterocycles. The molecule has 9 atom stereocenters. The number of carbonyl (C=O) groups excluding carboxylic acids is 2. The maximum atomic E-state index is 12.1. The molecule has 4 rings (SSSR count). The van der Waals surface area contributed by atoms with Gasteiger partial charge in [0.2, 0.25) is 0 Å². The van der Waals surface area contributed by atoms with Crippen LogP contribution in [0.5, 0.6) is 0 Å². The van der Waals surface area contributed by atoms with Gasteiger partial charge in [0, 0.05) is 20.3 Å². The summed E-state index contributed by atoms with van der Waals surface area (Å²) in [7, 11) is 0. The molecule has 4 aliphatic carbocycles. The van der Waals surface area contributed by atoms with Crippen molar-refractivity contribution in [2.24, 2.45) is 34.5 Å². The number of esters is 2. The second-order valence-corrected chi connectivity index (χ2v) is 12.3. The van der Waals surface area contributed by atoms with E-state index in [9.17, 15) is 19.8 Å². The highest BCUT2D eigenvalue weighted by Crippen LogP contribution is 2.70. The number of ether oxygens (including phenoxy) is 2. The van der Waals surface area contributed by atoms with Gasteiger partial charge in [-0.25, -0.2) is 0 Å². The van der Waals surface area contributed by atoms with Crippen molar-refractivity contribution in [1.82, 2.24) is 0 Å². The molecule has 2 N–H and O–H groups in total. The molecule has 4 aliphatic rings. The fourth-order valence-corrected chi connectivity index (χ4v) is 9.08. The van der Waals surface area contributed by atoms with Crippen molar-refractivity contribution in [3.05, 3.63) is 0 Å². The van der Waals surface area contributed by atoms with E-state index in [1.807, 2.05) is 0 Å². The van der Waals surface area contributed by atoms with Crippen LogP contribution in [0.2, 0.25) is 0 Å². The fourth-order valence-electron chi connectivity index (χ4n) is 9.08. The topological polar surface area (TPSA) is 93.1 Å². The minimum atomic E-state index is -0.820. The predicted molar refractivity (Wildman–Crippen MR) is 124 cm³/mol. The van der Waals surface area contributed by atoms with Crippen molar-refractivity contribution in [2.45, 2.75) is 116 Å². The normalized spacial score (nSPS) is 48.9. The lowest BCUT2D eigenvalue weighted by molar-refractivity contribution is -0.251. The first-order valence-electron chi connectivity index (χ1n) is 13.1. The summed E-state index contributed by atoms with van der Waals surface area (Å²) in [5.41, 5.74) is -1.86. The minimum Gasteiger partial charge on any atom is -0.466 e. The lowest BCUT2D eigenvalue weighted by Gasteiger charge is -2.66. The third-order valence-electron chi connectivity index (χ3n) is 10.9. The molecule has 0 aliphatic heterocycles. The first-order valence-corrected chi connectivity index (χ1v) is 13.1. The Labute approximate surface area is 198 Å². The van der Waals surface area contributed by atoms with Crippen LogP contribution in [-0.4, -0.2) is 46.1 Å². The quantitative estimate of drug-likeness (QED) is 0.463. The predicted octanol–water partition coefficient (Wildman–Crippen LogP) is 4.40. The Morgan fingerprint density at radius 2 is 1.58 bits per heavy atom. The van der Waals surface area contributed by atoms with Gasteiger partial charge in [0.15, 0.2) is 0 Å². The monoisotopic (exact) mass is 464 g/mol. The average molecular weight is 465 g/mol. The maximum Gasteiger partial charge on any atom is 0.302 e. The van der Waals surface area contributed by atoms with Crippen LogP contribution in [0.4, 0.5) is 0 Å². The summed E-state index contributed by atoms with van der Waals surface area (Å²) in [6, 6.07) is 0. The summed E-state index contributed by atoms with van der Waals surface area (Å²) in [6.45, 7) is 10.0. The van der Waals surface area contributed by atoms with E-state index in [0.717, 1.165) is 44.9 Å². The molecule has 0 heterocycles. The maximum absolute atomic E-state index is 12.1. The van der Waals surface area contributed by atoms with E-state index >= 15 is 0 Å². The molecule has 6 heteroatoms. The largest absolute Gasteiger partial charge is 0.466 e. The SMILES string of the molecule is CC(=O)OCCC[C@]1(O)CC[C@H]2[C@@H]3C[C@H](C)[C@@]4(O)C[C@H](OC(C)=O)CC[C@]4(C)[C@H]3CC[C@@]21C.